The summed E-state index contributed by atoms with van der Waals surface area (Å²) in [5, 5.41) is 1.84. The largest absolute Gasteiger partial charge is 0.303 e. The fourth-order valence-electron chi connectivity index (χ4n) is 1.91. The highest BCUT2D eigenvalue weighted by Crippen LogP contribution is 2.23. The van der Waals surface area contributed by atoms with Crippen LogP contribution in [-0.2, 0) is 20.9 Å². The molecule has 20 heavy (non-hydrogen) atoms. The number of benzene rings is 2. The summed E-state index contributed by atoms with van der Waals surface area (Å²) in [5.41, 5.74) is 0.334. The molecule has 0 aromatic heterocycles. The normalized spacial score (nSPS) is 12.1. The molecule has 0 saturated heterocycles. The lowest BCUT2D eigenvalue weighted by molar-refractivity contribution is -0.119. The minimum absolute atomic E-state index is 0.0279. The van der Waals surface area contributed by atoms with Crippen LogP contribution in [0.1, 0.15) is 12.8 Å². The van der Waals surface area contributed by atoms with Gasteiger partial charge >= 0.3 is 0 Å². The van der Waals surface area contributed by atoms with Crippen LogP contribution in [0.15, 0.2) is 42.5 Å². The lowest BCUT2D eigenvalue weighted by Gasteiger charge is -2.18. The van der Waals surface area contributed by atoms with Crippen LogP contribution in [0.2, 0.25) is 0 Å². The first-order valence-corrected chi connectivity index (χ1v) is 7.06. The summed E-state index contributed by atoms with van der Waals surface area (Å²) in [5.74, 6) is -0.562. The zero-order valence-electron chi connectivity index (χ0n) is 10.6. The minimum Gasteiger partial charge on any atom is -0.303 e. The molecule has 2 rings (SSSR count). The smallest absolute Gasteiger partial charge is 0.268 e. The Morgan fingerprint density at radius 1 is 1.20 bits per heavy atom. The molecule has 0 bridgehead atoms. The van der Waals surface area contributed by atoms with E-state index in [1.54, 1.807) is 18.2 Å². The van der Waals surface area contributed by atoms with Gasteiger partial charge in [-0.25, -0.2) is 8.51 Å². The monoisotopic (exact) mass is 291 g/mol. The molecule has 1 amide bonds. The molecular weight excluding hydrogens is 278 g/mol. The van der Waals surface area contributed by atoms with E-state index in [1.165, 1.54) is 0 Å². The third-order valence-electron chi connectivity index (χ3n) is 2.83. The van der Waals surface area contributed by atoms with Gasteiger partial charge in [0.15, 0.2) is 0 Å². The third kappa shape index (κ3) is 3.09. The Morgan fingerprint density at radius 2 is 1.90 bits per heavy atom. The highest BCUT2D eigenvalue weighted by Gasteiger charge is 2.20. The third-order valence-corrected chi connectivity index (χ3v) is 3.55. The molecule has 0 fully saturated rings. The molecule has 0 spiro atoms. The highest BCUT2D eigenvalue weighted by atomic mass is 32.2. The number of rotatable bonds is 5. The van der Waals surface area contributed by atoms with Crippen LogP contribution in [0.3, 0.4) is 0 Å². The maximum absolute atomic E-state index is 11.9. The van der Waals surface area contributed by atoms with Gasteiger partial charge in [0.2, 0.25) is 5.91 Å². The summed E-state index contributed by atoms with van der Waals surface area (Å²) in [4.78, 5) is 22.2. The second-order valence-electron chi connectivity index (χ2n) is 4.16. The molecule has 1 N–H and O–H groups in total. The summed E-state index contributed by atoms with van der Waals surface area (Å²) in [6.45, 7) is 0. The maximum Gasteiger partial charge on any atom is 0.268 e. The van der Waals surface area contributed by atoms with Crippen LogP contribution in [0.5, 0.6) is 0 Å². The van der Waals surface area contributed by atoms with Gasteiger partial charge < -0.3 is 4.79 Å². The van der Waals surface area contributed by atoms with E-state index in [2.05, 4.69) is 0 Å². The molecule has 0 aliphatic rings. The first-order valence-electron chi connectivity index (χ1n) is 6.00. The molecule has 1 atom stereocenters. The van der Waals surface area contributed by atoms with Crippen LogP contribution in [-0.4, -0.2) is 21.0 Å². The Labute approximate surface area is 118 Å². The highest BCUT2D eigenvalue weighted by molar-refractivity contribution is 7.81. The summed E-state index contributed by atoms with van der Waals surface area (Å²) in [7, 11) is 0. The van der Waals surface area contributed by atoms with E-state index in [0.717, 1.165) is 15.1 Å². The van der Waals surface area contributed by atoms with E-state index in [4.69, 9.17) is 0 Å². The van der Waals surface area contributed by atoms with Gasteiger partial charge in [-0.1, -0.05) is 30.3 Å². The number of carbonyl (C=O) groups excluding carboxylic acids is 2. The van der Waals surface area contributed by atoms with E-state index in [9.17, 15) is 18.4 Å². The Bertz CT molecular complexity index is 671. The fraction of sp³-hybridized carbons (Fsp3) is 0.143. The number of fused-ring (bicyclic) bond motifs is 1. The van der Waals surface area contributed by atoms with Gasteiger partial charge in [0.1, 0.15) is 6.29 Å². The lowest BCUT2D eigenvalue weighted by Crippen LogP contribution is -2.32. The van der Waals surface area contributed by atoms with E-state index < -0.39 is 17.2 Å². The molecular formula is C14H13NO4S. The Balaban J connectivity index is 2.38. The first-order chi connectivity index (χ1) is 9.63. The topological polar surface area (TPSA) is 74.7 Å². The van der Waals surface area contributed by atoms with Gasteiger partial charge in [-0.3, -0.25) is 9.35 Å². The number of anilines is 1. The van der Waals surface area contributed by atoms with Gasteiger partial charge in [0, 0.05) is 12.8 Å². The molecule has 0 aliphatic heterocycles. The summed E-state index contributed by atoms with van der Waals surface area (Å²) >= 11 is -2.46. The molecule has 104 valence electrons. The molecule has 6 heteroatoms. The van der Waals surface area contributed by atoms with Crippen LogP contribution in [0.4, 0.5) is 5.69 Å². The number of amides is 1. The van der Waals surface area contributed by atoms with Gasteiger partial charge in [0.05, 0.1) is 5.69 Å². The quantitative estimate of drug-likeness (QED) is 0.677. The van der Waals surface area contributed by atoms with Crippen LogP contribution in [0, 0.1) is 0 Å². The lowest BCUT2D eigenvalue weighted by atomic mass is 10.1. The van der Waals surface area contributed by atoms with Crippen molar-refractivity contribution in [2.45, 2.75) is 12.8 Å². The second-order valence-corrected chi connectivity index (χ2v) is 4.98. The summed E-state index contributed by atoms with van der Waals surface area (Å²) in [6.07, 6.45) is 0.541. The van der Waals surface area contributed by atoms with Crippen molar-refractivity contribution in [2.75, 3.05) is 4.31 Å². The number of aldehydes is 1. The predicted molar refractivity (Wildman–Crippen MR) is 77.5 cm³/mol. The van der Waals surface area contributed by atoms with Crippen LogP contribution < -0.4 is 4.31 Å². The Morgan fingerprint density at radius 3 is 2.55 bits per heavy atom. The maximum atomic E-state index is 11.9. The molecule has 1 unspecified atom stereocenters. The number of hydrogen-bond acceptors (Lipinski definition) is 3. The number of nitrogens with zero attached hydrogens (tertiary/aromatic N) is 1. The standard InChI is InChI=1S/C14H13NO4S/c16-9-3-6-14(17)15(20(18)19)13-8-7-11-4-1-2-5-12(11)10-13/h1-2,4-5,7-10H,3,6H2,(H,18,19). The fourth-order valence-corrected chi connectivity index (χ4v) is 2.47. The van der Waals surface area contributed by atoms with Crippen molar-refractivity contribution in [3.63, 3.8) is 0 Å². The average molecular weight is 291 g/mol. The van der Waals surface area contributed by atoms with E-state index >= 15 is 0 Å². The molecule has 5 nitrogen and oxygen atoms in total. The zero-order chi connectivity index (χ0) is 14.5. The van der Waals surface area contributed by atoms with E-state index in [-0.39, 0.29) is 12.8 Å². The molecule has 0 saturated carbocycles. The summed E-state index contributed by atoms with van der Waals surface area (Å²) in [6, 6.07) is 12.6. The van der Waals surface area contributed by atoms with E-state index in [0.29, 0.717) is 12.0 Å². The first kappa shape index (κ1) is 14.4. The van der Waals surface area contributed by atoms with Crippen LogP contribution in [0.25, 0.3) is 10.8 Å². The van der Waals surface area contributed by atoms with Gasteiger partial charge in [0.25, 0.3) is 11.3 Å². The second kappa shape index (κ2) is 6.40. The van der Waals surface area contributed by atoms with Crippen molar-refractivity contribution >= 4 is 39.9 Å². The summed E-state index contributed by atoms with van der Waals surface area (Å²) < 4.78 is 21.5. The Hall–Kier alpha value is -2.05. The number of carbonyl (C=O) groups is 2. The molecule has 0 radical (unpaired) electrons. The van der Waals surface area contributed by atoms with Crippen molar-refractivity contribution in [3.05, 3.63) is 42.5 Å². The van der Waals surface area contributed by atoms with Crippen molar-refractivity contribution in [1.29, 1.82) is 0 Å². The van der Waals surface area contributed by atoms with E-state index in [1.807, 2.05) is 24.3 Å². The van der Waals surface area contributed by atoms with Gasteiger partial charge in [-0.2, -0.15) is 0 Å². The van der Waals surface area contributed by atoms with Crippen molar-refractivity contribution in [3.8, 4) is 0 Å². The molecule has 2 aromatic rings. The van der Waals surface area contributed by atoms with Crippen molar-refractivity contribution < 1.29 is 18.4 Å². The zero-order valence-corrected chi connectivity index (χ0v) is 11.4. The van der Waals surface area contributed by atoms with Crippen molar-refractivity contribution in [1.82, 2.24) is 0 Å². The van der Waals surface area contributed by atoms with Crippen molar-refractivity contribution in [2.24, 2.45) is 0 Å². The Kier molecular flexibility index (Phi) is 4.60. The van der Waals surface area contributed by atoms with Crippen LogP contribution >= 0.6 is 0 Å². The van der Waals surface area contributed by atoms with Gasteiger partial charge in [-0.15, -0.1) is 0 Å². The number of hydrogen-bond donors (Lipinski definition) is 1. The molecule has 2 aromatic carbocycles. The predicted octanol–water partition coefficient (Wildman–Crippen LogP) is 2.29. The average Bonchev–Trinajstić information content (AvgIpc) is 2.44. The molecule has 0 aliphatic carbocycles. The van der Waals surface area contributed by atoms with Gasteiger partial charge in [-0.05, 0) is 22.9 Å². The minimum atomic E-state index is -2.46. The molecule has 0 heterocycles. The SMILES string of the molecule is O=CCCC(=O)N(c1ccc2ccccc2c1)S(=O)O.